The number of carbonyl (C=O) groups excluding carboxylic acids is 1. The van der Waals surface area contributed by atoms with Crippen LogP contribution in [0.25, 0.3) is 0 Å². The maximum Gasteiger partial charge on any atom is 0.322 e. The lowest BCUT2D eigenvalue weighted by Crippen LogP contribution is -2.31. The van der Waals surface area contributed by atoms with Gasteiger partial charge in [-0.2, -0.15) is 0 Å². The molecule has 0 radical (unpaired) electrons. The van der Waals surface area contributed by atoms with Gasteiger partial charge in [0.15, 0.2) is 0 Å². The highest BCUT2D eigenvalue weighted by molar-refractivity contribution is 5.75. The third-order valence-electron chi connectivity index (χ3n) is 1.91. The molecule has 0 amide bonds. The first-order valence-corrected chi connectivity index (χ1v) is 5.00. The SMILES string of the molecule is CCC(N)C(=O)OCCCC(C)C. The zero-order valence-electron chi connectivity index (χ0n) is 8.88. The van der Waals surface area contributed by atoms with Crippen LogP contribution in [-0.4, -0.2) is 18.6 Å². The van der Waals surface area contributed by atoms with Crippen LogP contribution in [-0.2, 0) is 9.53 Å². The zero-order valence-corrected chi connectivity index (χ0v) is 8.88. The van der Waals surface area contributed by atoms with Gasteiger partial charge in [0.2, 0.25) is 0 Å². The van der Waals surface area contributed by atoms with E-state index in [9.17, 15) is 4.79 Å². The Morgan fingerprint density at radius 1 is 1.46 bits per heavy atom. The predicted molar refractivity (Wildman–Crippen MR) is 53.3 cm³/mol. The molecule has 0 rings (SSSR count). The lowest BCUT2D eigenvalue weighted by atomic mass is 10.1. The summed E-state index contributed by atoms with van der Waals surface area (Å²) in [6.45, 7) is 6.68. The van der Waals surface area contributed by atoms with Gasteiger partial charge in [-0.05, 0) is 25.2 Å². The molecule has 0 aromatic carbocycles. The summed E-state index contributed by atoms with van der Waals surface area (Å²) in [5.74, 6) is 0.393. The highest BCUT2D eigenvalue weighted by Crippen LogP contribution is 2.03. The van der Waals surface area contributed by atoms with Crippen molar-refractivity contribution in [1.29, 1.82) is 0 Å². The van der Waals surface area contributed by atoms with Gasteiger partial charge in [0.1, 0.15) is 6.04 Å². The fraction of sp³-hybridized carbons (Fsp3) is 0.900. The second-order valence-electron chi connectivity index (χ2n) is 3.72. The highest BCUT2D eigenvalue weighted by Gasteiger charge is 2.11. The van der Waals surface area contributed by atoms with Crippen LogP contribution in [0.3, 0.4) is 0 Å². The molecule has 0 aromatic rings. The first kappa shape index (κ1) is 12.4. The molecule has 1 atom stereocenters. The van der Waals surface area contributed by atoms with Crippen LogP contribution in [0.2, 0.25) is 0 Å². The van der Waals surface area contributed by atoms with E-state index in [1.165, 1.54) is 0 Å². The monoisotopic (exact) mass is 187 g/mol. The van der Waals surface area contributed by atoms with E-state index in [0.717, 1.165) is 12.8 Å². The van der Waals surface area contributed by atoms with E-state index in [4.69, 9.17) is 10.5 Å². The standard InChI is InChI=1S/C10H21NO2/c1-4-9(11)10(12)13-7-5-6-8(2)3/h8-9H,4-7,11H2,1-3H3. The third kappa shape index (κ3) is 6.58. The summed E-state index contributed by atoms with van der Waals surface area (Å²) in [5, 5.41) is 0. The van der Waals surface area contributed by atoms with E-state index in [0.29, 0.717) is 18.9 Å². The van der Waals surface area contributed by atoms with Crippen molar-refractivity contribution >= 4 is 5.97 Å². The molecule has 0 saturated carbocycles. The molecule has 0 aliphatic carbocycles. The Morgan fingerprint density at radius 3 is 2.54 bits per heavy atom. The second kappa shape index (κ2) is 6.89. The topological polar surface area (TPSA) is 52.3 Å². The fourth-order valence-electron chi connectivity index (χ4n) is 0.938. The van der Waals surface area contributed by atoms with Crippen LogP contribution < -0.4 is 5.73 Å². The van der Waals surface area contributed by atoms with Crippen molar-refractivity contribution in [1.82, 2.24) is 0 Å². The Balaban J connectivity index is 3.37. The molecule has 2 N–H and O–H groups in total. The van der Waals surface area contributed by atoms with Crippen LogP contribution in [0, 0.1) is 5.92 Å². The number of carbonyl (C=O) groups is 1. The molecule has 3 nitrogen and oxygen atoms in total. The van der Waals surface area contributed by atoms with Crippen molar-refractivity contribution in [3.05, 3.63) is 0 Å². The Morgan fingerprint density at radius 2 is 2.08 bits per heavy atom. The summed E-state index contributed by atoms with van der Waals surface area (Å²) in [6.07, 6.45) is 2.66. The average Bonchev–Trinajstić information content (AvgIpc) is 2.10. The Hall–Kier alpha value is -0.570. The zero-order chi connectivity index (χ0) is 10.3. The van der Waals surface area contributed by atoms with Gasteiger partial charge in [0, 0.05) is 0 Å². The van der Waals surface area contributed by atoms with Crippen molar-refractivity contribution in [3.63, 3.8) is 0 Å². The van der Waals surface area contributed by atoms with E-state index in [1.54, 1.807) is 0 Å². The minimum atomic E-state index is -0.445. The van der Waals surface area contributed by atoms with Gasteiger partial charge in [-0.25, -0.2) is 0 Å². The fourth-order valence-corrected chi connectivity index (χ4v) is 0.938. The maximum absolute atomic E-state index is 11.1. The summed E-state index contributed by atoms with van der Waals surface area (Å²) >= 11 is 0. The maximum atomic E-state index is 11.1. The molecule has 0 saturated heterocycles. The third-order valence-corrected chi connectivity index (χ3v) is 1.91. The largest absolute Gasteiger partial charge is 0.465 e. The van der Waals surface area contributed by atoms with Gasteiger partial charge >= 0.3 is 5.97 Å². The van der Waals surface area contributed by atoms with Crippen LogP contribution in [0.1, 0.15) is 40.0 Å². The highest BCUT2D eigenvalue weighted by atomic mass is 16.5. The van der Waals surface area contributed by atoms with Gasteiger partial charge in [-0.3, -0.25) is 4.79 Å². The van der Waals surface area contributed by atoms with E-state index < -0.39 is 6.04 Å². The quantitative estimate of drug-likeness (QED) is 0.508. The molecule has 0 aliphatic rings. The second-order valence-corrected chi connectivity index (χ2v) is 3.72. The van der Waals surface area contributed by atoms with Gasteiger partial charge in [-0.1, -0.05) is 20.8 Å². The van der Waals surface area contributed by atoms with Crippen molar-refractivity contribution < 1.29 is 9.53 Å². The molecule has 0 fully saturated rings. The van der Waals surface area contributed by atoms with E-state index in [-0.39, 0.29) is 5.97 Å². The van der Waals surface area contributed by atoms with Gasteiger partial charge in [-0.15, -0.1) is 0 Å². The summed E-state index contributed by atoms with van der Waals surface area (Å²) in [7, 11) is 0. The van der Waals surface area contributed by atoms with Crippen molar-refractivity contribution in [2.24, 2.45) is 11.7 Å². The predicted octanol–water partition coefficient (Wildman–Crippen LogP) is 1.70. The van der Waals surface area contributed by atoms with E-state index in [1.807, 2.05) is 6.92 Å². The molecule has 0 aliphatic heterocycles. The lowest BCUT2D eigenvalue weighted by Gasteiger charge is -2.09. The van der Waals surface area contributed by atoms with Crippen LogP contribution in [0.15, 0.2) is 0 Å². The molecule has 0 aromatic heterocycles. The van der Waals surface area contributed by atoms with Gasteiger partial charge in [0.05, 0.1) is 6.61 Å². The smallest absolute Gasteiger partial charge is 0.322 e. The number of nitrogens with two attached hydrogens (primary N) is 1. The number of rotatable bonds is 6. The molecule has 78 valence electrons. The average molecular weight is 187 g/mol. The van der Waals surface area contributed by atoms with E-state index in [2.05, 4.69) is 13.8 Å². The number of ether oxygens (including phenoxy) is 1. The Kier molecular flexibility index (Phi) is 6.59. The summed E-state index contributed by atoms with van der Waals surface area (Å²) in [4.78, 5) is 11.1. The Bertz CT molecular complexity index is 146. The minimum Gasteiger partial charge on any atom is -0.465 e. The Labute approximate surface area is 80.6 Å². The van der Waals surface area contributed by atoms with Crippen molar-refractivity contribution in [2.45, 2.75) is 46.1 Å². The molecular weight excluding hydrogens is 166 g/mol. The summed E-state index contributed by atoms with van der Waals surface area (Å²) in [6, 6.07) is -0.445. The number of hydrogen-bond acceptors (Lipinski definition) is 3. The number of hydrogen-bond donors (Lipinski definition) is 1. The van der Waals surface area contributed by atoms with Crippen LogP contribution >= 0.6 is 0 Å². The first-order chi connectivity index (χ1) is 6.07. The molecule has 3 heteroatoms. The first-order valence-electron chi connectivity index (χ1n) is 5.00. The summed E-state index contributed by atoms with van der Waals surface area (Å²) < 4.78 is 4.98. The van der Waals surface area contributed by atoms with Gasteiger partial charge in [0.25, 0.3) is 0 Å². The van der Waals surface area contributed by atoms with Crippen molar-refractivity contribution in [3.8, 4) is 0 Å². The molecular formula is C10H21NO2. The van der Waals surface area contributed by atoms with Crippen LogP contribution in [0.4, 0.5) is 0 Å². The van der Waals surface area contributed by atoms with Crippen molar-refractivity contribution in [2.75, 3.05) is 6.61 Å². The van der Waals surface area contributed by atoms with Crippen LogP contribution in [0.5, 0.6) is 0 Å². The summed E-state index contributed by atoms with van der Waals surface area (Å²) in [5.41, 5.74) is 5.48. The molecule has 1 unspecified atom stereocenters. The molecule has 13 heavy (non-hydrogen) atoms. The van der Waals surface area contributed by atoms with Gasteiger partial charge < -0.3 is 10.5 Å². The molecule has 0 spiro atoms. The minimum absolute atomic E-state index is 0.272. The van der Waals surface area contributed by atoms with E-state index >= 15 is 0 Å². The molecule has 0 heterocycles. The lowest BCUT2D eigenvalue weighted by molar-refractivity contribution is -0.145. The molecule has 0 bridgehead atoms. The normalized spacial score (nSPS) is 13.0. The number of esters is 1.